The molecule has 0 aliphatic heterocycles. The minimum Gasteiger partial charge on any atom is -0.360 e. The standard InChI is InChI=1S/C26H29ClN2O2/c1-4-5-6-21(24-16-22(27)12-9-19(24)3)13-14-28-26(30)25-17-23(31-29-25)15-20-10-7-18(2)8-11-20/h6-12,16-17H,4-5,13-15H2,1-3H3,(H,28,30). The van der Waals surface area contributed by atoms with E-state index in [0.29, 0.717) is 24.4 Å². The number of aromatic nitrogens is 1. The molecule has 0 aliphatic rings. The summed E-state index contributed by atoms with van der Waals surface area (Å²) < 4.78 is 5.36. The maximum atomic E-state index is 12.5. The van der Waals surface area contributed by atoms with Crippen LogP contribution in [0.2, 0.25) is 5.02 Å². The molecule has 4 nitrogen and oxygen atoms in total. The number of benzene rings is 2. The van der Waals surface area contributed by atoms with Crippen LogP contribution in [-0.2, 0) is 6.42 Å². The van der Waals surface area contributed by atoms with Gasteiger partial charge in [0.25, 0.3) is 5.91 Å². The third-order valence-electron chi connectivity index (χ3n) is 5.20. The van der Waals surface area contributed by atoms with Crippen LogP contribution < -0.4 is 5.32 Å². The fraction of sp³-hybridized carbons (Fsp3) is 0.308. The molecule has 5 heteroatoms. The summed E-state index contributed by atoms with van der Waals surface area (Å²) in [6, 6.07) is 15.9. The van der Waals surface area contributed by atoms with Crippen molar-refractivity contribution in [3.8, 4) is 0 Å². The zero-order valence-electron chi connectivity index (χ0n) is 18.4. The molecule has 1 aromatic heterocycles. The van der Waals surface area contributed by atoms with E-state index in [1.54, 1.807) is 6.07 Å². The number of hydrogen-bond acceptors (Lipinski definition) is 3. The predicted octanol–water partition coefficient (Wildman–Crippen LogP) is 6.54. The highest BCUT2D eigenvalue weighted by Gasteiger charge is 2.13. The predicted molar refractivity (Wildman–Crippen MR) is 127 cm³/mol. The van der Waals surface area contributed by atoms with Crippen LogP contribution in [0.15, 0.2) is 59.1 Å². The van der Waals surface area contributed by atoms with Crippen LogP contribution in [0.3, 0.4) is 0 Å². The average Bonchev–Trinajstić information content (AvgIpc) is 3.22. The number of halogens is 1. The first kappa shape index (κ1) is 22.8. The Labute approximate surface area is 189 Å². The fourth-order valence-electron chi connectivity index (χ4n) is 3.42. The molecule has 2 aromatic carbocycles. The van der Waals surface area contributed by atoms with Gasteiger partial charge < -0.3 is 9.84 Å². The van der Waals surface area contributed by atoms with Gasteiger partial charge in [-0.05, 0) is 61.1 Å². The lowest BCUT2D eigenvalue weighted by molar-refractivity contribution is 0.0945. The monoisotopic (exact) mass is 436 g/mol. The van der Waals surface area contributed by atoms with E-state index >= 15 is 0 Å². The first-order valence-corrected chi connectivity index (χ1v) is 11.1. The Morgan fingerprint density at radius 1 is 1.13 bits per heavy atom. The van der Waals surface area contributed by atoms with Crippen LogP contribution in [0, 0.1) is 13.8 Å². The van der Waals surface area contributed by atoms with Crippen molar-refractivity contribution < 1.29 is 9.32 Å². The van der Waals surface area contributed by atoms with Crippen molar-refractivity contribution in [2.24, 2.45) is 0 Å². The average molecular weight is 437 g/mol. The number of carbonyl (C=O) groups is 1. The van der Waals surface area contributed by atoms with E-state index in [0.717, 1.165) is 35.4 Å². The molecule has 0 radical (unpaired) electrons. The van der Waals surface area contributed by atoms with Gasteiger partial charge in [0.15, 0.2) is 5.69 Å². The molecule has 162 valence electrons. The van der Waals surface area contributed by atoms with E-state index in [-0.39, 0.29) is 5.91 Å². The van der Waals surface area contributed by atoms with E-state index in [1.165, 1.54) is 16.7 Å². The highest BCUT2D eigenvalue weighted by Crippen LogP contribution is 2.26. The lowest BCUT2D eigenvalue weighted by Crippen LogP contribution is -2.25. The largest absolute Gasteiger partial charge is 0.360 e. The number of amides is 1. The number of aryl methyl sites for hydroxylation is 2. The van der Waals surface area contributed by atoms with Gasteiger partial charge in [-0.3, -0.25) is 4.79 Å². The minimum atomic E-state index is -0.225. The van der Waals surface area contributed by atoms with Crippen LogP contribution in [-0.4, -0.2) is 17.6 Å². The van der Waals surface area contributed by atoms with Crippen molar-refractivity contribution in [1.29, 1.82) is 0 Å². The lowest BCUT2D eigenvalue weighted by atomic mass is 9.96. The van der Waals surface area contributed by atoms with Gasteiger partial charge in [-0.25, -0.2) is 0 Å². The molecule has 1 heterocycles. The molecule has 0 saturated carbocycles. The van der Waals surface area contributed by atoms with Crippen molar-refractivity contribution in [1.82, 2.24) is 10.5 Å². The van der Waals surface area contributed by atoms with Crippen LogP contribution in [0.5, 0.6) is 0 Å². The van der Waals surface area contributed by atoms with Crippen molar-refractivity contribution in [3.05, 3.63) is 93.3 Å². The van der Waals surface area contributed by atoms with Crippen molar-refractivity contribution in [2.75, 3.05) is 6.54 Å². The molecule has 1 amide bonds. The summed E-state index contributed by atoms with van der Waals surface area (Å²) in [5, 5.41) is 7.62. The maximum absolute atomic E-state index is 12.5. The van der Waals surface area contributed by atoms with Gasteiger partial charge in [0, 0.05) is 24.1 Å². The number of unbranched alkanes of at least 4 members (excludes halogenated alkanes) is 1. The van der Waals surface area contributed by atoms with Gasteiger partial charge in [-0.2, -0.15) is 0 Å². The van der Waals surface area contributed by atoms with Crippen molar-refractivity contribution >= 4 is 23.1 Å². The smallest absolute Gasteiger partial charge is 0.273 e. The molecular formula is C26H29ClN2O2. The number of allylic oxidation sites excluding steroid dienone is 1. The van der Waals surface area contributed by atoms with Gasteiger partial charge >= 0.3 is 0 Å². The van der Waals surface area contributed by atoms with E-state index < -0.39 is 0 Å². The molecule has 1 N–H and O–H groups in total. The molecule has 0 saturated heterocycles. The molecule has 0 spiro atoms. The van der Waals surface area contributed by atoms with Gasteiger partial charge in [0.1, 0.15) is 5.76 Å². The third kappa shape index (κ3) is 6.56. The van der Waals surface area contributed by atoms with Gasteiger partial charge in [0.05, 0.1) is 0 Å². The van der Waals surface area contributed by atoms with Crippen LogP contribution in [0.4, 0.5) is 0 Å². The second-order valence-corrected chi connectivity index (χ2v) is 8.26. The SMILES string of the molecule is CCCC=C(CCNC(=O)c1cc(Cc2ccc(C)cc2)on1)c1cc(Cl)ccc1C. The Morgan fingerprint density at radius 2 is 1.90 bits per heavy atom. The highest BCUT2D eigenvalue weighted by atomic mass is 35.5. The zero-order chi connectivity index (χ0) is 22.2. The lowest BCUT2D eigenvalue weighted by Gasteiger charge is -2.12. The first-order valence-electron chi connectivity index (χ1n) is 10.7. The second-order valence-electron chi connectivity index (χ2n) is 7.82. The first-order chi connectivity index (χ1) is 15.0. The van der Waals surface area contributed by atoms with Gasteiger partial charge in [-0.1, -0.05) is 72.1 Å². The number of hydrogen-bond donors (Lipinski definition) is 1. The molecule has 3 aromatic rings. The number of nitrogens with one attached hydrogen (secondary N) is 1. The Bertz CT molecular complexity index is 1050. The molecule has 3 rings (SSSR count). The molecule has 0 unspecified atom stereocenters. The number of rotatable bonds is 9. The van der Waals surface area contributed by atoms with Gasteiger partial charge in [0.2, 0.25) is 0 Å². The maximum Gasteiger partial charge on any atom is 0.273 e. The molecule has 0 fully saturated rings. The summed E-state index contributed by atoms with van der Waals surface area (Å²) in [6.45, 7) is 6.80. The second kappa shape index (κ2) is 11.0. The summed E-state index contributed by atoms with van der Waals surface area (Å²) in [5.41, 5.74) is 6.15. The van der Waals surface area contributed by atoms with E-state index in [9.17, 15) is 4.79 Å². The quantitative estimate of drug-likeness (QED) is 0.414. The molecule has 0 aliphatic carbocycles. The Kier molecular flexibility index (Phi) is 8.07. The summed E-state index contributed by atoms with van der Waals surface area (Å²) in [7, 11) is 0. The Hall–Kier alpha value is -2.85. The summed E-state index contributed by atoms with van der Waals surface area (Å²) in [6.07, 6.45) is 5.62. The Morgan fingerprint density at radius 3 is 2.65 bits per heavy atom. The molecule has 0 bridgehead atoms. The van der Waals surface area contributed by atoms with E-state index in [1.807, 2.05) is 18.2 Å². The molecular weight excluding hydrogens is 408 g/mol. The zero-order valence-corrected chi connectivity index (χ0v) is 19.1. The molecule has 0 atom stereocenters. The summed E-state index contributed by atoms with van der Waals surface area (Å²) in [4.78, 5) is 12.5. The van der Waals surface area contributed by atoms with Crippen LogP contribution in [0.1, 0.15) is 64.7 Å². The summed E-state index contributed by atoms with van der Waals surface area (Å²) in [5.74, 6) is 0.448. The summed E-state index contributed by atoms with van der Waals surface area (Å²) >= 11 is 6.21. The van der Waals surface area contributed by atoms with E-state index in [2.05, 4.69) is 61.6 Å². The normalized spacial score (nSPS) is 11.5. The Balaban J connectivity index is 1.59. The topological polar surface area (TPSA) is 55.1 Å². The highest BCUT2D eigenvalue weighted by molar-refractivity contribution is 6.30. The number of nitrogens with zero attached hydrogens (tertiary/aromatic N) is 1. The van der Waals surface area contributed by atoms with Crippen LogP contribution in [0.25, 0.3) is 5.57 Å². The van der Waals surface area contributed by atoms with E-state index in [4.69, 9.17) is 16.1 Å². The van der Waals surface area contributed by atoms with Gasteiger partial charge in [-0.15, -0.1) is 0 Å². The minimum absolute atomic E-state index is 0.225. The van der Waals surface area contributed by atoms with Crippen LogP contribution >= 0.6 is 11.6 Å². The fourth-order valence-corrected chi connectivity index (χ4v) is 3.59. The molecule has 31 heavy (non-hydrogen) atoms. The van der Waals surface area contributed by atoms with Crippen molar-refractivity contribution in [3.63, 3.8) is 0 Å². The number of carbonyl (C=O) groups excluding carboxylic acids is 1. The third-order valence-corrected chi connectivity index (χ3v) is 5.43. The van der Waals surface area contributed by atoms with Crippen molar-refractivity contribution in [2.45, 2.75) is 46.5 Å².